The molecule has 1 N–H and O–H groups in total. The van der Waals surface area contributed by atoms with Crippen molar-refractivity contribution in [2.24, 2.45) is 0 Å². The molecule has 0 bridgehead atoms. The maximum Gasteiger partial charge on any atom is 0.327 e. The maximum atomic E-state index is 11.8. The molecule has 92 valence electrons. The van der Waals surface area contributed by atoms with Crippen LogP contribution in [0.3, 0.4) is 0 Å². The van der Waals surface area contributed by atoms with E-state index in [1.54, 1.807) is 0 Å². The lowest BCUT2D eigenvalue weighted by atomic mass is 10.3. The molecule has 0 aliphatic carbocycles. The van der Waals surface area contributed by atoms with Gasteiger partial charge in [0.25, 0.3) is 0 Å². The van der Waals surface area contributed by atoms with Gasteiger partial charge in [-0.2, -0.15) is 0 Å². The summed E-state index contributed by atoms with van der Waals surface area (Å²) >= 11 is 1.48. The van der Waals surface area contributed by atoms with E-state index < -0.39 is 12.0 Å². The van der Waals surface area contributed by atoms with E-state index in [9.17, 15) is 9.59 Å². The van der Waals surface area contributed by atoms with Crippen LogP contribution < -0.4 is 0 Å². The number of carbonyl (C=O) groups excluding carboxylic acids is 1. The van der Waals surface area contributed by atoms with Crippen molar-refractivity contribution in [3.63, 3.8) is 0 Å². The molecule has 16 heavy (non-hydrogen) atoms. The highest BCUT2D eigenvalue weighted by atomic mass is 32.2. The number of hydrogen-bond acceptors (Lipinski definition) is 4. The van der Waals surface area contributed by atoms with Crippen LogP contribution in [0.4, 0.5) is 0 Å². The van der Waals surface area contributed by atoms with Gasteiger partial charge < -0.3 is 14.7 Å². The van der Waals surface area contributed by atoms with E-state index >= 15 is 0 Å². The monoisotopic (exact) mass is 247 g/mol. The molecule has 1 amide bonds. The quantitative estimate of drug-likeness (QED) is 0.727. The molecule has 0 radical (unpaired) electrons. The van der Waals surface area contributed by atoms with Crippen molar-refractivity contribution in [2.75, 3.05) is 19.0 Å². The van der Waals surface area contributed by atoms with E-state index in [0.717, 1.165) is 6.42 Å². The number of rotatable bonds is 5. The van der Waals surface area contributed by atoms with Crippen molar-refractivity contribution in [1.82, 2.24) is 4.90 Å². The van der Waals surface area contributed by atoms with Crippen LogP contribution in [0.5, 0.6) is 0 Å². The third-order valence-electron chi connectivity index (χ3n) is 2.37. The molecule has 1 fully saturated rings. The summed E-state index contributed by atoms with van der Waals surface area (Å²) in [5.74, 6) is -0.727. The highest BCUT2D eigenvalue weighted by Crippen LogP contribution is 2.28. The first-order valence-corrected chi connectivity index (χ1v) is 6.36. The predicted octanol–water partition coefficient (Wildman–Crippen LogP) is 0.788. The molecular weight excluding hydrogens is 230 g/mol. The van der Waals surface area contributed by atoms with Gasteiger partial charge in [-0.05, 0) is 13.3 Å². The molecule has 1 saturated heterocycles. The Morgan fingerprint density at radius 3 is 2.81 bits per heavy atom. The summed E-state index contributed by atoms with van der Waals surface area (Å²) in [5, 5.41) is 8.89. The Hall–Kier alpha value is -0.750. The molecule has 2 unspecified atom stereocenters. The van der Waals surface area contributed by atoms with Gasteiger partial charge in [0.1, 0.15) is 12.6 Å². The van der Waals surface area contributed by atoms with Crippen molar-refractivity contribution in [3.05, 3.63) is 0 Å². The SMILES string of the molecule is CCCOCC(=O)N1C(C)SCC1C(=O)O. The smallest absolute Gasteiger partial charge is 0.327 e. The standard InChI is InChI=1S/C10H17NO4S/c1-3-4-15-5-9(12)11-7(2)16-6-8(11)10(13)14/h7-8H,3-6H2,1-2H3,(H,13,14). The molecule has 0 aromatic rings. The Morgan fingerprint density at radius 2 is 2.25 bits per heavy atom. The van der Waals surface area contributed by atoms with Gasteiger partial charge >= 0.3 is 5.97 Å². The number of nitrogens with zero attached hydrogens (tertiary/aromatic N) is 1. The van der Waals surface area contributed by atoms with Gasteiger partial charge in [-0.25, -0.2) is 4.79 Å². The van der Waals surface area contributed by atoms with E-state index in [2.05, 4.69) is 0 Å². The van der Waals surface area contributed by atoms with Gasteiger partial charge in [-0.1, -0.05) is 6.92 Å². The Morgan fingerprint density at radius 1 is 1.56 bits per heavy atom. The lowest BCUT2D eigenvalue weighted by molar-refractivity contribution is -0.150. The van der Waals surface area contributed by atoms with Crippen LogP contribution >= 0.6 is 11.8 Å². The summed E-state index contributed by atoms with van der Waals surface area (Å²) in [6.07, 6.45) is 0.847. The summed E-state index contributed by atoms with van der Waals surface area (Å²) in [5.41, 5.74) is 0. The Balaban J connectivity index is 2.54. The van der Waals surface area contributed by atoms with Crippen LogP contribution in [0, 0.1) is 0 Å². The van der Waals surface area contributed by atoms with Crippen LogP contribution in [0.15, 0.2) is 0 Å². The second kappa shape index (κ2) is 6.10. The molecule has 6 heteroatoms. The second-order valence-electron chi connectivity index (χ2n) is 3.64. The number of thioether (sulfide) groups is 1. The number of carboxylic acid groups (broad SMARTS) is 1. The molecular formula is C10H17NO4S. The third kappa shape index (κ3) is 3.12. The summed E-state index contributed by atoms with van der Waals surface area (Å²) < 4.78 is 5.14. The van der Waals surface area contributed by atoms with Crippen molar-refractivity contribution >= 4 is 23.6 Å². The third-order valence-corrected chi connectivity index (χ3v) is 3.59. The van der Waals surface area contributed by atoms with Gasteiger partial charge in [0.2, 0.25) is 5.91 Å². The van der Waals surface area contributed by atoms with Crippen molar-refractivity contribution in [3.8, 4) is 0 Å². The number of hydrogen-bond donors (Lipinski definition) is 1. The van der Waals surface area contributed by atoms with Crippen LogP contribution in [0.25, 0.3) is 0 Å². The van der Waals surface area contributed by atoms with Crippen LogP contribution in [0.1, 0.15) is 20.3 Å². The second-order valence-corrected chi connectivity index (χ2v) is 4.99. The first kappa shape index (κ1) is 13.3. The van der Waals surface area contributed by atoms with Gasteiger partial charge in [0, 0.05) is 12.4 Å². The molecule has 1 aliphatic heterocycles. The molecule has 2 atom stereocenters. The zero-order chi connectivity index (χ0) is 12.1. The first-order valence-electron chi connectivity index (χ1n) is 5.31. The Kier molecular flexibility index (Phi) is 5.08. The van der Waals surface area contributed by atoms with Gasteiger partial charge in [0.15, 0.2) is 0 Å². The summed E-state index contributed by atoms with van der Waals surface area (Å²) in [4.78, 5) is 24.1. The van der Waals surface area contributed by atoms with Gasteiger partial charge in [-0.15, -0.1) is 11.8 Å². The van der Waals surface area contributed by atoms with E-state index in [1.165, 1.54) is 16.7 Å². The first-order chi connectivity index (χ1) is 7.57. The van der Waals surface area contributed by atoms with Crippen molar-refractivity contribution in [2.45, 2.75) is 31.7 Å². The minimum atomic E-state index is -0.944. The number of carboxylic acids is 1. The average Bonchev–Trinajstić information content (AvgIpc) is 2.60. The van der Waals surface area contributed by atoms with Crippen molar-refractivity contribution in [1.29, 1.82) is 0 Å². The minimum Gasteiger partial charge on any atom is -0.480 e. The highest BCUT2D eigenvalue weighted by molar-refractivity contribution is 8.00. The maximum absolute atomic E-state index is 11.8. The summed E-state index contributed by atoms with van der Waals surface area (Å²) in [6, 6.07) is -0.710. The molecule has 1 heterocycles. The van der Waals surface area contributed by atoms with E-state index in [-0.39, 0.29) is 17.9 Å². The fourth-order valence-corrected chi connectivity index (χ4v) is 2.78. The lowest BCUT2D eigenvalue weighted by Gasteiger charge is -2.24. The molecule has 1 rings (SSSR count). The molecule has 1 aliphatic rings. The Labute approximate surface area is 99.1 Å². The van der Waals surface area contributed by atoms with Crippen LogP contribution in [0.2, 0.25) is 0 Å². The topological polar surface area (TPSA) is 66.8 Å². The van der Waals surface area contributed by atoms with Crippen LogP contribution in [-0.2, 0) is 14.3 Å². The number of carbonyl (C=O) groups is 2. The normalized spacial score (nSPS) is 24.8. The lowest BCUT2D eigenvalue weighted by Crippen LogP contribution is -2.46. The average molecular weight is 247 g/mol. The van der Waals surface area contributed by atoms with E-state index in [1.807, 2.05) is 13.8 Å². The molecule has 0 spiro atoms. The number of aliphatic carboxylic acids is 1. The minimum absolute atomic E-state index is 0.0253. The molecule has 0 aromatic heterocycles. The van der Waals surface area contributed by atoms with E-state index in [0.29, 0.717) is 12.4 Å². The van der Waals surface area contributed by atoms with E-state index in [4.69, 9.17) is 9.84 Å². The molecule has 0 saturated carbocycles. The fourth-order valence-electron chi connectivity index (χ4n) is 1.59. The molecule has 0 aromatic carbocycles. The predicted molar refractivity (Wildman–Crippen MR) is 61.3 cm³/mol. The largest absolute Gasteiger partial charge is 0.480 e. The van der Waals surface area contributed by atoms with Crippen molar-refractivity contribution < 1.29 is 19.4 Å². The highest BCUT2D eigenvalue weighted by Gasteiger charge is 2.39. The summed E-state index contributed by atoms with van der Waals surface area (Å²) in [7, 11) is 0. The zero-order valence-electron chi connectivity index (χ0n) is 9.51. The Bertz CT molecular complexity index is 272. The van der Waals surface area contributed by atoms with Gasteiger partial charge in [0.05, 0.1) is 5.37 Å². The number of ether oxygens (including phenoxy) is 1. The van der Waals surface area contributed by atoms with Crippen LogP contribution in [-0.4, -0.2) is 52.3 Å². The molecule has 5 nitrogen and oxygen atoms in total. The number of amides is 1. The zero-order valence-corrected chi connectivity index (χ0v) is 10.3. The fraction of sp³-hybridized carbons (Fsp3) is 0.800. The van der Waals surface area contributed by atoms with Gasteiger partial charge in [-0.3, -0.25) is 4.79 Å². The summed E-state index contributed by atoms with van der Waals surface area (Å²) in [6.45, 7) is 4.30.